The lowest BCUT2D eigenvalue weighted by molar-refractivity contribution is 0.101. The van der Waals surface area contributed by atoms with Crippen molar-refractivity contribution >= 4 is 17.2 Å². The molecule has 3 aromatic rings. The number of ether oxygens (including phenoxy) is 1. The van der Waals surface area contributed by atoms with Crippen molar-refractivity contribution in [3.63, 3.8) is 0 Å². The van der Waals surface area contributed by atoms with Crippen LogP contribution in [0.5, 0.6) is 5.75 Å². The summed E-state index contributed by atoms with van der Waals surface area (Å²) in [6.07, 6.45) is 1.99. The molecule has 0 aliphatic carbocycles. The first kappa shape index (κ1) is 11.8. The molecule has 0 unspecified atom stereocenters. The van der Waals surface area contributed by atoms with E-state index in [0.717, 1.165) is 28.3 Å². The molecule has 0 saturated carbocycles. The Kier molecular flexibility index (Phi) is 2.22. The van der Waals surface area contributed by atoms with Gasteiger partial charge >= 0.3 is 0 Å². The SMILES string of the molecule is CC1(C)Oc2ccccc2-c2c1nc1c(Cl)cccn21. The largest absolute Gasteiger partial charge is 0.481 e. The highest BCUT2D eigenvalue weighted by Crippen LogP contribution is 2.45. The summed E-state index contributed by atoms with van der Waals surface area (Å²) < 4.78 is 8.14. The van der Waals surface area contributed by atoms with Gasteiger partial charge in [-0.05, 0) is 38.1 Å². The molecule has 4 rings (SSSR count). The summed E-state index contributed by atoms with van der Waals surface area (Å²) in [5.41, 5.74) is 3.33. The fourth-order valence-corrected chi connectivity index (χ4v) is 2.99. The molecule has 0 N–H and O–H groups in total. The van der Waals surface area contributed by atoms with E-state index in [1.807, 2.05) is 54.8 Å². The van der Waals surface area contributed by atoms with Crippen molar-refractivity contribution in [2.24, 2.45) is 0 Å². The lowest BCUT2D eigenvalue weighted by atomic mass is 9.95. The summed E-state index contributed by atoms with van der Waals surface area (Å²) in [7, 11) is 0. The number of hydrogen-bond donors (Lipinski definition) is 0. The van der Waals surface area contributed by atoms with E-state index in [2.05, 4.69) is 6.07 Å². The molecule has 3 nitrogen and oxygen atoms in total. The lowest BCUT2D eigenvalue weighted by Gasteiger charge is -2.31. The topological polar surface area (TPSA) is 26.5 Å². The van der Waals surface area contributed by atoms with Gasteiger partial charge in [-0.2, -0.15) is 0 Å². The minimum Gasteiger partial charge on any atom is -0.481 e. The quantitative estimate of drug-likeness (QED) is 0.616. The van der Waals surface area contributed by atoms with E-state index in [1.165, 1.54) is 0 Å². The van der Waals surface area contributed by atoms with Crippen LogP contribution in [0.15, 0.2) is 42.6 Å². The molecule has 3 heterocycles. The Balaban J connectivity index is 2.19. The molecular formula is C16H13ClN2O. The van der Waals surface area contributed by atoms with Crippen LogP contribution in [0.25, 0.3) is 16.9 Å². The third-order valence-electron chi connectivity index (χ3n) is 3.68. The predicted octanol–water partition coefficient (Wildman–Crippen LogP) is 4.28. The van der Waals surface area contributed by atoms with Crippen LogP contribution in [0.1, 0.15) is 19.5 Å². The summed E-state index contributed by atoms with van der Waals surface area (Å²) in [5.74, 6) is 0.881. The first-order valence-corrected chi connectivity index (χ1v) is 6.91. The Hall–Kier alpha value is -2.00. The molecule has 1 aliphatic rings. The van der Waals surface area contributed by atoms with Crippen LogP contribution in [-0.4, -0.2) is 9.38 Å². The molecule has 0 amide bonds. The lowest BCUT2D eigenvalue weighted by Crippen LogP contribution is -2.29. The standard InChI is InChI=1S/C16H13ClN2O/c1-16(2)14-13(10-6-3-4-8-12(10)20-16)19-9-5-7-11(17)15(19)18-14/h3-9H,1-2H3. The van der Waals surface area contributed by atoms with Gasteiger partial charge in [-0.25, -0.2) is 4.98 Å². The summed E-state index contributed by atoms with van der Waals surface area (Å²) in [5, 5.41) is 0.648. The smallest absolute Gasteiger partial charge is 0.156 e. The van der Waals surface area contributed by atoms with E-state index < -0.39 is 5.60 Å². The zero-order valence-electron chi connectivity index (χ0n) is 11.2. The fourth-order valence-electron chi connectivity index (χ4n) is 2.79. The van der Waals surface area contributed by atoms with E-state index in [0.29, 0.717) is 5.02 Å². The molecule has 20 heavy (non-hydrogen) atoms. The van der Waals surface area contributed by atoms with Gasteiger partial charge in [-0.1, -0.05) is 23.7 Å². The highest BCUT2D eigenvalue weighted by molar-refractivity contribution is 6.33. The number of para-hydroxylation sites is 1. The number of hydrogen-bond acceptors (Lipinski definition) is 2. The summed E-state index contributed by atoms with van der Waals surface area (Å²) >= 11 is 6.27. The maximum absolute atomic E-state index is 6.27. The average molecular weight is 285 g/mol. The number of rotatable bonds is 0. The van der Waals surface area contributed by atoms with Crippen LogP contribution in [0.3, 0.4) is 0 Å². The van der Waals surface area contributed by atoms with Crippen LogP contribution in [-0.2, 0) is 5.60 Å². The van der Waals surface area contributed by atoms with Crippen molar-refractivity contribution in [3.05, 3.63) is 53.3 Å². The average Bonchev–Trinajstić information content (AvgIpc) is 2.81. The second-order valence-electron chi connectivity index (χ2n) is 5.47. The molecule has 4 heteroatoms. The van der Waals surface area contributed by atoms with Gasteiger partial charge in [0.05, 0.1) is 10.7 Å². The van der Waals surface area contributed by atoms with E-state index in [-0.39, 0.29) is 0 Å². The molecule has 2 aromatic heterocycles. The number of nitrogens with zero attached hydrogens (tertiary/aromatic N) is 2. The van der Waals surface area contributed by atoms with Gasteiger partial charge in [-0.15, -0.1) is 0 Å². The molecule has 1 aliphatic heterocycles. The zero-order chi connectivity index (χ0) is 13.9. The predicted molar refractivity (Wildman–Crippen MR) is 79.3 cm³/mol. The minimum atomic E-state index is -0.473. The number of benzene rings is 1. The van der Waals surface area contributed by atoms with Crippen LogP contribution < -0.4 is 4.74 Å². The van der Waals surface area contributed by atoms with Crippen molar-refractivity contribution in [2.45, 2.75) is 19.4 Å². The van der Waals surface area contributed by atoms with Gasteiger partial charge in [0, 0.05) is 11.8 Å². The second-order valence-corrected chi connectivity index (χ2v) is 5.87. The molecule has 0 saturated heterocycles. The molecule has 1 aromatic carbocycles. The summed E-state index contributed by atoms with van der Waals surface area (Å²) in [4.78, 5) is 4.71. The van der Waals surface area contributed by atoms with E-state index >= 15 is 0 Å². The molecule has 0 radical (unpaired) electrons. The normalized spacial score (nSPS) is 15.6. The van der Waals surface area contributed by atoms with Crippen LogP contribution in [0, 0.1) is 0 Å². The highest BCUT2D eigenvalue weighted by Gasteiger charge is 2.36. The first-order valence-electron chi connectivity index (χ1n) is 6.53. The van der Waals surface area contributed by atoms with Crippen molar-refractivity contribution in [2.75, 3.05) is 0 Å². The Bertz CT molecular complexity index is 836. The molecule has 0 spiro atoms. The Morgan fingerprint density at radius 2 is 1.95 bits per heavy atom. The fraction of sp³-hybridized carbons (Fsp3) is 0.188. The molecular weight excluding hydrogens is 272 g/mol. The molecule has 100 valence electrons. The minimum absolute atomic E-state index is 0.473. The molecule has 0 fully saturated rings. The van der Waals surface area contributed by atoms with Gasteiger partial charge < -0.3 is 4.74 Å². The van der Waals surface area contributed by atoms with Crippen molar-refractivity contribution in [1.82, 2.24) is 9.38 Å². The van der Waals surface area contributed by atoms with Crippen LogP contribution >= 0.6 is 11.6 Å². The molecule has 0 bridgehead atoms. The van der Waals surface area contributed by atoms with Gasteiger partial charge in [0.25, 0.3) is 0 Å². The zero-order valence-corrected chi connectivity index (χ0v) is 12.0. The monoisotopic (exact) mass is 284 g/mol. The maximum atomic E-state index is 6.27. The Labute approximate surface area is 121 Å². The third kappa shape index (κ3) is 1.44. The van der Waals surface area contributed by atoms with E-state index in [9.17, 15) is 0 Å². The number of aromatic nitrogens is 2. The maximum Gasteiger partial charge on any atom is 0.156 e. The number of halogens is 1. The first-order chi connectivity index (χ1) is 9.58. The Morgan fingerprint density at radius 3 is 2.80 bits per heavy atom. The van der Waals surface area contributed by atoms with Gasteiger partial charge in [0.1, 0.15) is 17.0 Å². The highest BCUT2D eigenvalue weighted by atomic mass is 35.5. The van der Waals surface area contributed by atoms with E-state index in [1.54, 1.807) is 0 Å². The van der Waals surface area contributed by atoms with Gasteiger partial charge in [-0.3, -0.25) is 4.40 Å². The van der Waals surface area contributed by atoms with Crippen LogP contribution in [0.4, 0.5) is 0 Å². The summed E-state index contributed by atoms with van der Waals surface area (Å²) in [6.45, 7) is 4.06. The van der Waals surface area contributed by atoms with Crippen molar-refractivity contribution < 1.29 is 4.74 Å². The third-order valence-corrected chi connectivity index (χ3v) is 3.97. The molecule has 0 atom stereocenters. The summed E-state index contributed by atoms with van der Waals surface area (Å²) in [6, 6.07) is 11.8. The van der Waals surface area contributed by atoms with Crippen molar-refractivity contribution in [3.8, 4) is 17.0 Å². The second kappa shape index (κ2) is 3.76. The number of pyridine rings is 1. The van der Waals surface area contributed by atoms with Gasteiger partial charge in [0.15, 0.2) is 5.65 Å². The number of imidazole rings is 1. The Morgan fingerprint density at radius 1 is 1.15 bits per heavy atom. The van der Waals surface area contributed by atoms with Crippen molar-refractivity contribution in [1.29, 1.82) is 0 Å². The number of fused-ring (bicyclic) bond motifs is 5. The van der Waals surface area contributed by atoms with Gasteiger partial charge in [0.2, 0.25) is 0 Å². The van der Waals surface area contributed by atoms with E-state index in [4.69, 9.17) is 21.3 Å². The van der Waals surface area contributed by atoms with Crippen LogP contribution in [0.2, 0.25) is 5.02 Å².